The molecule has 89 heavy (non-hydrogen) atoms. The second-order valence-electron chi connectivity index (χ2n) is 24.8. The van der Waals surface area contributed by atoms with Gasteiger partial charge < -0.3 is 51.1 Å². The van der Waals surface area contributed by atoms with Crippen molar-refractivity contribution in [3.63, 3.8) is 0 Å². The molecule has 10 N–H and O–H groups in total. The fraction of sp³-hybridized carbons (Fsp3) is 0.291. The van der Waals surface area contributed by atoms with Crippen LogP contribution in [0.1, 0.15) is 208 Å². The van der Waals surface area contributed by atoms with E-state index in [1.54, 1.807) is 54.6 Å². The molecule has 8 unspecified atom stereocenters. The molecule has 7 aromatic carbocycles. The van der Waals surface area contributed by atoms with E-state index in [9.17, 15) is 51.1 Å². The van der Waals surface area contributed by atoms with Crippen LogP contribution in [0.4, 0.5) is 0 Å². The minimum Gasteiger partial charge on any atom is -0.512 e. The first kappa shape index (κ1) is 62.4. The Morgan fingerprint density at radius 2 is 0.775 bits per heavy atom. The number of hydrogen-bond acceptors (Lipinski definition) is 10. The number of aliphatic hydroxyl groups excluding tert-OH is 3. The quantitative estimate of drug-likeness (QED) is 0.0309. The second-order valence-corrected chi connectivity index (χ2v) is 24.8. The van der Waals surface area contributed by atoms with E-state index in [-0.39, 0.29) is 99.1 Å². The molecule has 3 aliphatic rings. The van der Waals surface area contributed by atoms with Gasteiger partial charge in [0.1, 0.15) is 46.0 Å². The second kappa shape index (κ2) is 26.8. The molecule has 0 saturated heterocycles. The molecule has 0 spiro atoms. The van der Waals surface area contributed by atoms with E-state index in [1.807, 2.05) is 133 Å². The van der Waals surface area contributed by atoms with Crippen LogP contribution in [0.2, 0.25) is 0 Å². The number of aliphatic hydroxyl groups is 3. The van der Waals surface area contributed by atoms with E-state index >= 15 is 0 Å². The number of phenolic OH excluding ortho intramolecular Hbond substituents is 7. The number of hydrogen-bond donors (Lipinski definition) is 10. The van der Waals surface area contributed by atoms with Crippen LogP contribution in [0, 0.1) is 5.92 Å². The van der Waals surface area contributed by atoms with Gasteiger partial charge in [0, 0.05) is 93.2 Å². The van der Waals surface area contributed by atoms with Crippen LogP contribution < -0.4 is 0 Å². The van der Waals surface area contributed by atoms with Crippen molar-refractivity contribution in [2.45, 2.75) is 141 Å². The number of phenols is 7. The molecule has 10 heteroatoms. The lowest BCUT2D eigenvalue weighted by atomic mass is 9.78. The summed E-state index contributed by atoms with van der Waals surface area (Å²) in [6, 6.07) is 41.6. The highest BCUT2D eigenvalue weighted by Crippen LogP contribution is 2.47. The highest BCUT2D eigenvalue weighted by atomic mass is 16.3. The van der Waals surface area contributed by atoms with Crippen LogP contribution in [0.25, 0.3) is 0 Å². The molecule has 10 nitrogen and oxygen atoms in total. The van der Waals surface area contributed by atoms with Crippen LogP contribution in [-0.2, 0) is 0 Å². The Morgan fingerprint density at radius 3 is 1.24 bits per heavy atom. The Labute approximate surface area is 522 Å². The normalized spacial score (nSPS) is 16.8. The van der Waals surface area contributed by atoms with E-state index in [2.05, 4.69) is 35.9 Å². The van der Waals surface area contributed by atoms with E-state index in [0.29, 0.717) is 71.3 Å². The summed E-state index contributed by atoms with van der Waals surface area (Å²) < 4.78 is 0. The van der Waals surface area contributed by atoms with Gasteiger partial charge in [-0.3, -0.25) is 0 Å². The van der Waals surface area contributed by atoms with Gasteiger partial charge in [-0.05, 0) is 167 Å². The summed E-state index contributed by atoms with van der Waals surface area (Å²) in [6.07, 6.45) is 9.28. The summed E-state index contributed by atoms with van der Waals surface area (Å²) in [5.74, 6) is -0.338. The predicted octanol–water partition coefficient (Wildman–Crippen LogP) is 19.0. The van der Waals surface area contributed by atoms with Crippen molar-refractivity contribution >= 4 is 0 Å². The molecule has 0 heterocycles. The molecule has 0 aromatic heterocycles. The van der Waals surface area contributed by atoms with Gasteiger partial charge in [-0.2, -0.15) is 0 Å². The maximum Gasteiger partial charge on any atom is 0.171 e. The Morgan fingerprint density at radius 1 is 0.360 bits per heavy atom. The van der Waals surface area contributed by atoms with E-state index in [1.165, 1.54) is 5.57 Å². The molecular weight excluding hydrogens is 1110 g/mol. The summed E-state index contributed by atoms with van der Waals surface area (Å²) in [4.78, 5) is 0. The van der Waals surface area contributed by atoms with Gasteiger partial charge in [0.2, 0.25) is 0 Å². The third-order valence-electron chi connectivity index (χ3n) is 19.2. The fourth-order valence-electron chi connectivity index (χ4n) is 13.1. The van der Waals surface area contributed by atoms with Crippen molar-refractivity contribution in [3.8, 4) is 40.2 Å². The predicted molar refractivity (Wildman–Crippen MR) is 351 cm³/mol. The zero-order valence-electron chi connectivity index (χ0n) is 51.7. The highest BCUT2D eigenvalue weighted by Gasteiger charge is 2.30. The van der Waals surface area contributed by atoms with Gasteiger partial charge in [-0.15, -0.1) is 0 Å². The minimum atomic E-state index is -0.338. The average Bonchev–Trinajstić information content (AvgIpc) is 1.17. The Bertz CT molecular complexity index is 4040. The van der Waals surface area contributed by atoms with Crippen LogP contribution in [-0.4, -0.2) is 51.1 Å². The molecule has 0 bridgehead atoms. The minimum absolute atomic E-state index is 0.0128. The van der Waals surface area contributed by atoms with Gasteiger partial charge in [-0.1, -0.05) is 157 Å². The number of benzene rings is 7. The first-order chi connectivity index (χ1) is 42.6. The maximum atomic E-state index is 12.4. The molecule has 10 rings (SSSR count). The van der Waals surface area contributed by atoms with Crippen LogP contribution in [0.3, 0.4) is 0 Å². The molecular formula is C79H80O10. The molecule has 0 saturated carbocycles. The smallest absolute Gasteiger partial charge is 0.171 e. The molecule has 0 aliphatic heterocycles. The molecule has 3 aliphatic carbocycles. The summed E-state index contributed by atoms with van der Waals surface area (Å²) in [5, 5.41) is 110. The summed E-state index contributed by atoms with van der Waals surface area (Å²) in [5.41, 5.74) is 27.0. The van der Waals surface area contributed by atoms with Crippen molar-refractivity contribution in [2.75, 3.05) is 0 Å². The van der Waals surface area contributed by atoms with Crippen LogP contribution in [0.5, 0.6) is 40.2 Å². The third-order valence-corrected chi connectivity index (χ3v) is 19.2. The largest absolute Gasteiger partial charge is 0.512 e. The average molecular weight is 1190 g/mol. The first-order valence-corrected chi connectivity index (χ1v) is 31.0. The van der Waals surface area contributed by atoms with E-state index in [0.717, 1.165) is 74.9 Å². The van der Waals surface area contributed by atoms with Gasteiger partial charge in [0.15, 0.2) is 5.76 Å². The standard InChI is InChI=1S/C79H80O10/c1-45(54-14-25-63(80)26-15-54)70-40-60(24-37-77(70)87)49(5)74-44-62(43-73(79(74)89)48(4)57-20-31-66(83)32-21-57)51(7)69-39-53(11-36-76(69)86)9-13-58(59-22-33-67(84)34-23-59)12-8-52-10-35-75(85)68(38-52)50(6)61-41-71(46(2)55-16-27-64(81)28-17-55)78(88)72(42-61)47(3)56-18-29-65(82)30-19-56/h14-21,24-32,37-51,58,80-89H,8-9,11-13,22,33,36H2,1-7H3. The SMILES string of the molecule is CC(C1=CC(CCC(CCC2=CC(C(C)c3cc(C(C)c4ccc(O)cc4)c(O)c(C(C)c4ccc(O)c(C(C)c5ccc(O)cc5)c4)c3)=C(O)CC2)C2=C=C=C(O)CC2)=C=C=C1O)c1cc(C(C)c2ccc(O)cc2)c(O)c(C(C)c2ccc(O)cc2)c1. The summed E-state index contributed by atoms with van der Waals surface area (Å²) >= 11 is 0. The molecule has 8 atom stereocenters. The van der Waals surface area contributed by atoms with Crippen LogP contribution >= 0.6 is 0 Å². The van der Waals surface area contributed by atoms with Gasteiger partial charge in [0.25, 0.3) is 0 Å². The first-order valence-electron chi connectivity index (χ1n) is 31.0. The molecule has 0 amide bonds. The van der Waals surface area contributed by atoms with Crippen molar-refractivity contribution in [1.29, 1.82) is 0 Å². The van der Waals surface area contributed by atoms with Crippen LogP contribution in [0.15, 0.2) is 220 Å². The fourth-order valence-corrected chi connectivity index (χ4v) is 13.1. The van der Waals surface area contributed by atoms with E-state index in [4.69, 9.17) is 0 Å². The number of allylic oxidation sites excluding steroid dienone is 9. The molecule has 0 fully saturated rings. The Balaban J connectivity index is 0.917. The maximum absolute atomic E-state index is 12.4. The van der Waals surface area contributed by atoms with Gasteiger partial charge >= 0.3 is 0 Å². The lowest BCUT2D eigenvalue weighted by molar-refractivity contribution is 0.372. The Hall–Kier alpha value is -9.64. The lowest BCUT2D eigenvalue weighted by Gasteiger charge is -2.27. The lowest BCUT2D eigenvalue weighted by Crippen LogP contribution is -2.11. The van der Waals surface area contributed by atoms with E-state index < -0.39 is 0 Å². The monoisotopic (exact) mass is 1190 g/mol. The van der Waals surface area contributed by atoms with Crippen molar-refractivity contribution in [3.05, 3.63) is 287 Å². The number of rotatable bonds is 21. The number of aromatic hydroxyl groups is 7. The highest BCUT2D eigenvalue weighted by molar-refractivity contribution is 5.58. The molecule has 456 valence electrons. The topological polar surface area (TPSA) is 202 Å². The zero-order valence-corrected chi connectivity index (χ0v) is 51.7. The Kier molecular flexibility index (Phi) is 18.8. The summed E-state index contributed by atoms with van der Waals surface area (Å²) in [6.45, 7) is 14.3. The van der Waals surface area contributed by atoms with Crippen molar-refractivity contribution < 1.29 is 51.1 Å². The molecule has 7 aromatic rings. The zero-order chi connectivity index (χ0) is 63.4. The molecule has 0 radical (unpaired) electrons. The van der Waals surface area contributed by atoms with Gasteiger partial charge in [-0.25, -0.2) is 0 Å². The van der Waals surface area contributed by atoms with Crippen molar-refractivity contribution in [1.82, 2.24) is 0 Å². The van der Waals surface area contributed by atoms with Crippen molar-refractivity contribution in [2.24, 2.45) is 5.92 Å². The summed E-state index contributed by atoms with van der Waals surface area (Å²) in [7, 11) is 0. The van der Waals surface area contributed by atoms with Gasteiger partial charge in [0.05, 0.1) is 5.76 Å². The third kappa shape index (κ3) is 13.9.